The van der Waals surface area contributed by atoms with Crippen LogP contribution in [0.1, 0.15) is 32.9 Å². The Morgan fingerprint density at radius 3 is 2.24 bits per heavy atom. The van der Waals surface area contributed by atoms with Gasteiger partial charge in [-0.2, -0.15) is 0 Å². The van der Waals surface area contributed by atoms with E-state index in [0.29, 0.717) is 33.8 Å². The van der Waals surface area contributed by atoms with Gasteiger partial charge in [0, 0.05) is 35.7 Å². The third-order valence-electron chi connectivity index (χ3n) is 7.28. The number of benzene rings is 1. The number of H-pyrrole nitrogens is 1. The van der Waals surface area contributed by atoms with Gasteiger partial charge in [-0.05, 0) is 43.7 Å². The van der Waals surface area contributed by atoms with Crippen LogP contribution in [0.5, 0.6) is 0 Å². The number of likely N-dealkylation sites (tertiary alicyclic amines) is 1. The van der Waals surface area contributed by atoms with Crippen molar-refractivity contribution in [3.8, 4) is 0 Å². The van der Waals surface area contributed by atoms with Crippen molar-refractivity contribution in [1.82, 2.24) is 15.2 Å². The summed E-state index contributed by atoms with van der Waals surface area (Å²) in [6, 6.07) is 4.02. The molecule has 15 heteroatoms. The van der Waals surface area contributed by atoms with E-state index in [1.807, 2.05) is 0 Å². The molecule has 0 spiro atoms. The fourth-order valence-corrected chi connectivity index (χ4v) is 4.86. The lowest BCUT2D eigenvalue weighted by Gasteiger charge is -2.49. The highest BCUT2D eigenvalue weighted by molar-refractivity contribution is 6.67. The predicted octanol–water partition coefficient (Wildman–Crippen LogP) is -0.803. The van der Waals surface area contributed by atoms with Crippen molar-refractivity contribution in [3.05, 3.63) is 52.1 Å². The topological polar surface area (TPSA) is 77.2 Å². The monoisotopic (exact) mass is 476 g/mol. The van der Waals surface area contributed by atoms with Crippen LogP contribution in [0, 0.1) is 19.7 Å². The largest absolute Gasteiger partial charge is 0.358 e. The second-order valence-corrected chi connectivity index (χ2v) is 9.66. The first-order valence-electron chi connectivity index (χ1n) is 11.3. The predicted molar refractivity (Wildman–Crippen MR) is 149 cm³/mol. The average molecular weight is 475 g/mol. The van der Waals surface area contributed by atoms with Crippen LogP contribution < -0.4 is 10.6 Å². The summed E-state index contributed by atoms with van der Waals surface area (Å²) >= 11 is 0. The van der Waals surface area contributed by atoms with Crippen molar-refractivity contribution in [3.63, 3.8) is 0 Å². The molecule has 2 aliphatic heterocycles. The number of rotatable bonds is 5. The standard InChI is InChI=1S/C22H17B8FN4O2/c1-9-15(8-13-12-7-11(31)3-4-14(12)34-17(13)36)33-10(2)16(9)18(37)32-5-6-35-21(27,28)19(23,24)20(25,26)22(35,29)30/h3-4,7-8,33H,5-6H2,1-2H3,(H,32,37)(H,34,36)/b13-8-. The highest BCUT2D eigenvalue weighted by Crippen LogP contribution is 2.62. The van der Waals surface area contributed by atoms with E-state index >= 15 is 0 Å². The Morgan fingerprint density at radius 2 is 1.65 bits per heavy atom. The molecule has 0 atom stereocenters. The molecular formula is C22H17B8FN4O2. The van der Waals surface area contributed by atoms with Gasteiger partial charge >= 0.3 is 0 Å². The number of amides is 2. The molecule has 168 valence electrons. The molecule has 2 aromatic rings. The van der Waals surface area contributed by atoms with Gasteiger partial charge < -0.3 is 20.5 Å². The fourth-order valence-electron chi connectivity index (χ4n) is 4.86. The number of anilines is 1. The van der Waals surface area contributed by atoms with Crippen molar-refractivity contribution < 1.29 is 14.0 Å². The molecule has 1 aromatic heterocycles. The molecule has 16 radical (unpaired) electrons. The van der Waals surface area contributed by atoms with Crippen molar-refractivity contribution >= 4 is 91.9 Å². The number of nitrogens with zero attached hydrogens (tertiary/aromatic N) is 1. The van der Waals surface area contributed by atoms with Gasteiger partial charge in [0.05, 0.1) is 73.9 Å². The Kier molecular flexibility index (Phi) is 6.59. The third kappa shape index (κ3) is 4.00. The number of aromatic amines is 1. The average Bonchev–Trinajstić information content (AvgIpc) is 3.26. The molecule has 0 unspecified atom stereocenters. The maximum absolute atomic E-state index is 13.8. The van der Waals surface area contributed by atoms with Gasteiger partial charge in [0.2, 0.25) is 0 Å². The number of halogens is 1. The maximum Gasteiger partial charge on any atom is 0.256 e. The van der Waals surface area contributed by atoms with E-state index in [4.69, 9.17) is 62.8 Å². The molecule has 6 nitrogen and oxygen atoms in total. The number of hydrogen-bond donors (Lipinski definition) is 3. The highest BCUT2D eigenvalue weighted by Gasteiger charge is 2.62. The number of hydrogen-bond acceptors (Lipinski definition) is 3. The molecule has 1 saturated heterocycles. The quantitative estimate of drug-likeness (QED) is 0.392. The van der Waals surface area contributed by atoms with Gasteiger partial charge in [0.1, 0.15) is 5.82 Å². The number of fused-ring (bicyclic) bond motifs is 1. The molecule has 3 N–H and O–H groups in total. The van der Waals surface area contributed by atoms with Crippen LogP contribution in [0.15, 0.2) is 18.2 Å². The summed E-state index contributed by atoms with van der Waals surface area (Å²) in [4.78, 5) is 29.8. The molecule has 0 saturated carbocycles. The van der Waals surface area contributed by atoms with Gasteiger partial charge in [-0.3, -0.25) is 9.59 Å². The summed E-state index contributed by atoms with van der Waals surface area (Å²) in [6.07, 6.45) is 1.57. The van der Waals surface area contributed by atoms with Crippen LogP contribution in [0.3, 0.4) is 0 Å². The number of aryl methyl sites for hydroxylation is 1. The summed E-state index contributed by atoms with van der Waals surface area (Å²) in [6.45, 7) is 3.32. The van der Waals surface area contributed by atoms with E-state index in [-0.39, 0.29) is 24.6 Å². The van der Waals surface area contributed by atoms with E-state index < -0.39 is 32.8 Å². The first kappa shape index (κ1) is 27.6. The van der Waals surface area contributed by atoms with Crippen LogP contribution in [-0.2, 0) is 4.79 Å². The van der Waals surface area contributed by atoms with Gasteiger partial charge in [-0.25, -0.2) is 4.39 Å². The molecule has 4 rings (SSSR count). The SMILES string of the molecule is [B]C1([B])N(CCNC(=O)c2c(C)[nH]c(/C=C3\C(=O)Nc4ccc(F)cc43)c2C)C([B])([B])C([B])([B])C1([B])[B]. The highest BCUT2D eigenvalue weighted by atomic mass is 19.1. The van der Waals surface area contributed by atoms with Crippen molar-refractivity contribution in [2.45, 2.75) is 35.0 Å². The smallest absolute Gasteiger partial charge is 0.256 e. The lowest BCUT2D eigenvalue weighted by Crippen LogP contribution is -2.60. The summed E-state index contributed by atoms with van der Waals surface area (Å²) in [5, 5.41) is -2.71. The minimum absolute atomic E-state index is 0.0210. The van der Waals surface area contributed by atoms with E-state index in [1.54, 1.807) is 19.9 Å². The Hall–Kier alpha value is -2.41. The maximum atomic E-state index is 13.8. The minimum Gasteiger partial charge on any atom is -0.358 e. The zero-order valence-electron chi connectivity index (χ0n) is 20.5. The van der Waals surface area contributed by atoms with E-state index in [9.17, 15) is 14.0 Å². The lowest BCUT2D eigenvalue weighted by molar-refractivity contribution is -0.110. The second kappa shape index (κ2) is 8.82. The number of carbonyl (C=O) groups is 2. The van der Waals surface area contributed by atoms with E-state index in [1.165, 1.54) is 18.2 Å². The molecule has 3 heterocycles. The summed E-state index contributed by atoms with van der Waals surface area (Å²) in [5.41, 5.74) is 3.19. The third-order valence-corrected chi connectivity index (χ3v) is 7.28. The van der Waals surface area contributed by atoms with E-state index in [2.05, 4.69) is 15.6 Å². The number of aromatic nitrogens is 1. The van der Waals surface area contributed by atoms with Gasteiger partial charge in [0.15, 0.2) is 0 Å². The molecular weight excluding hydrogens is 458 g/mol. The molecule has 37 heavy (non-hydrogen) atoms. The zero-order chi connectivity index (χ0) is 27.7. The minimum atomic E-state index is -2.07. The van der Waals surface area contributed by atoms with Crippen LogP contribution in [0.4, 0.5) is 10.1 Å². The van der Waals surface area contributed by atoms with Gasteiger partial charge in [0.25, 0.3) is 11.8 Å². The van der Waals surface area contributed by atoms with E-state index in [0.717, 1.165) is 4.90 Å². The number of nitrogens with one attached hydrogen (secondary N) is 3. The van der Waals surface area contributed by atoms with Crippen LogP contribution >= 0.6 is 0 Å². The Labute approximate surface area is 226 Å². The first-order chi connectivity index (χ1) is 16.9. The molecule has 0 bridgehead atoms. The Morgan fingerprint density at radius 1 is 1.05 bits per heavy atom. The van der Waals surface area contributed by atoms with Crippen molar-refractivity contribution in [2.24, 2.45) is 0 Å². The molecule has 1 aromatic carbocycles. The molecule has 1 fully saturated rings. The molecule has 2 amide bonds. The summed E-state index contributed by atoms with van der Waals surface area (Å²) in [7, 11) is 48.5. The molecule has 0 aliphatic carbocycles. The van der Waals surface area contributed by atoms with Crippen molar-refractivity contribution in [1.29, 1.82) is 0 Å². The summed E-state index contributed by atoms with van der Waals surface area (Å²) < 4.78 is 13.8. The van der Waals surface area contributed by atoms with Crippen LogP contribution in [-0.4, -0.2) is 108 Å². The second-order valence-electron chi connectivity index (χ2n) is 9.66. The first-order valence-corrected chi connectivity index (χ1v) is 11.3. The fraction of sp³-hybridized carbons (Fsp3) is 0.364. The van der Waals surface area contributed by atoms with Gasteiger partial charge in [-0.15, -0.1) is 10.4 Å². The Balaban J connectivity index is 1.53. The zero-order valence-corrected chi connectivity index (χ0v) is 20.5. The van der Waals surface area contributed by atoms with Gasteiger partial charge in [-0.1, -0.05) is 10.7 Å². The van der Waals surface area contributed by atoms with Crippen molar-refractivity contribution in [2.75, 3.05) is 18.4 Å². The van der Waals surface area contributed by atoms with Crippen LogP contribution in [0.2, 0.25) is 10.4 Å². The normalized spacial score (nSPS) is 22.0. The molecule has 2 aliphatic rings. The number of carbonyl (C=O) groups excluding carboxylic acids is 2. The Bertz CT molecular complexity index is 1310. The summed E-state index contributed by atoms with van der Waals surface area (Å²) in [5.74, 6) is -1.29. The lowest BCUT2D eigenvalue weighted by atomic mass is 9.17. The van der Waals surface area contributed by atoms with Crippen LogP contribution in [0.25, 0.3) is 11.6 Å².